The fourth-order valence-electron chi connectivity index (χ4n) is 11.2. The Balaban J connectivity index is 1.13. The number of anilines is 1. The average Bonchev–Trinajstić information content (AvgIpc) is 3.76. The number of carboxylic acids is 1. The summed E-state index contributed by atoms with van der Waals surface area (Å²) in [7, 11) is -5.15. The average molecular weight is 1000 g/mol. The Hall–Kier alpha value is -4.50. The largest absolute Gasteiger partial charge is 0.481 e. The molecule has 4 fully saturated rings. The smallest absolute Gasteiger partial charge is 0.470 e. The fraction of sp³-hybridized carbons (Fsp3) is 0.511. The monoisotopic (exact) mass is 1000 g/mol. The van der Waals surface area contributed by atoms with E-state index in [2.05, 4.69) is 31.9 Å². The van der Waals surface area contributed by atoms with Crippen LogP contribution >= 0.6 is 23.8 Å². The standard InChI is InChI=1S/C45H52BrFN3O15P/c1-42-11-10-30(52)17-28(42)6-7-31-32-18-36-45(35(54)23-63-66(60,61)62,43(32,2)19-34(53)44(31,42)47)65-41(64-36)27-5-3-4-24(14-27)12-25-13-26(22-51)16-29(15-25)49-40(59)33(8-9-39(57)58)50-38(56)21-48-37(55)20-46/h3-5,10-11,13-17,31-34,36,41,51,53H,6-9,12,18-23H2,1-2H3,(H,48,55)(H,49,59)(H,50,56)(H,57,58)(H2,60,61,62)/t31-,32-,33-,34-,36+,41+,42-,43-,44-,45+/m0/s1. The van der Waals surface area contributed by atoms with E-state index in [9.17, 15) is 58.4 Å². The summed E-state index contributed by atoms with van der Waals surface area (Å²) in [4.78, 5) is 94.9. The third-order valence-corrected chi connectivity index (χ3v) is 15.1. The second-order valence-electron chi connectivity index (χ2n) is 18.1. The molecule has 1 aliphatic heterocycles. The van der Waals surface area contributed by atoms with E-state index in [-0.39, 0.29) is 48.9 Å². The summed E-state index contributed by atoms with van der Waals surface area (Å²) in [6.07, 6.45) is 0.268. The third kappa shape index (κ3) is 9.23. The first-order valence-electron chi connectivity index (χ1n) is 21.4. The molecular weight excluding hydrogens is 952 g/mol. The number of nitrogens with one attached hydrogen (secondary N) is 3. The number of rotatable bonds is 17. The number of amides is 3. The van der Waals surface area contributed by atoms with Gasteiger partial charge in [0.2, 0.25) is 17.7 Å². The van der Waals surface area contributed by atoms with Crippen molar-refractivity contribution < 1.29 is 76.8 Å². The molecule has 356 valence electrons. The molecule has 0 unspecified atom stereocenters. The Kier molecular flexibility index (Phi) is 14.1. The molecule has 3 saturated carbocycles. The first-order chi connectivity index (χ1) is 31.1. The van der Waals surface area contributed by atoms with E-state index in [0.29, 0.717) is 34.2 Å². The fourth-order valence-corrected chi connectivity index (χ4v) is 11.7. The van der Waals surface area contributed by atoms with Crippen LogP contribution in [0.3, 0.4) is 0 Å². The van der Waals surface area contributed by atoms with Crippen LogP contribution in [-0.4, -0.2) is 108 Å². The Morgan fingerprint density at radius 3 is 2.48 bits per heavy atom. The molecular formula is C45H52BrFN3O15P. The van der Waals surface area contributed by atoms with Crippen LogP contribution in [0.15, 0.2) is 66.3 Å². The molecule has 66 heavy (non-hydrogen) atoms. The van der Waals surface area contributed by atoms with E-state index in [0.717, 1.165) is 0 Å². The molecule has 2 aromatic carbocycles. The van der Waals surface area contributed by atoms with Crippen LogP contribution in [-0.2, 0) is 60.4 Å². The molecule has 4 aliphatic carbocycles. The zero-order chi connectivity index (χ0) is 48.0. The van der Waals surface area contributed by atoms with Crippen molar-refractivity contribution in [3.05, 3.63) is 88.5 Å². The summed E-state index contributed by atoms with van der Waals surface area (Å²) >= 11 is 2.97. The van der Waals surface area contributed by atoms with Crippen LogP contribution < -0.4 is 16.0 Å². The molecule has 0 spiro atoms. The maximum absolute atomic E-state index is 17.9. The van der Waals surface area contributed by atoms with Crippen molar-refractivity contribution in [2.45, 2.75) is 101 Å². The van der Waals surface area contributed by atoms with Gasteiger partial charge in [-0.1, -0.05) is 64.8 Å². The Bertz CT molecular complexity index is 2430. The SMILES string of the molecule is C[C@]12C=CC(=O)C=C1CC[C@H]1[C@@H]3C[C@H]4O[C@@H](c5cccc(Cc6cc(CO)cc(NC(=O)[C@H](CCC(=O)O)NC(=O)CNC(=O)CBr)c6)c5)O[C@@]4(C(=O)COP(=O)(O)O)[C@@]3(C)C[C@H](O)[C@@]12F. The lowest BCUT2D eigenvalue weighted by Gasteiger charge is -2.62. The number of aliphatic hydroxyl groups excluding tert-OH is 2. The number of ether oxygens (including phenoxy) is 2. The van der Waals surface area contributed by atoms with Gasteiger partial charge in [0.05, 0.1) is 30.7 Å². The molecule has 21 heteroatoms. The van der Waals surface area contributed by atoms with Crippen molar-refractivity contribution in [1.29, 1.82) is 0 Å². The summed E-state index contributed by atoms with van der Waals surface area (Å²) in [5, 5.41) is 38.8. The van der Waals surface area contributed by atoms with Crippen LogP contribution in [0, 0.1) is 22.7 Å². The van der Waals surface area contributed by atoms with Crippen LogP contribution in [0.4, 0.5) is 10.1 Å². The zero-order valence-corrected chi connectivity index (χ0v) is 38.5. The van der Waals surface area contributed by atoms with Gasteiger partial charge in [-0.3, -0.25) is 33.3 Å². The summed E-state index contributed by atoms with van der Waals surface area (Å²) < 4.78 is 47.8. The maximum atomic E-state index is 17.9. The number of benzene rings is 2. The summed E-state index contributed by atoms with van der Waals surface area (Å²) in [5.41, 5.74) is -3.85. The van der Waals surface area contributed by atoms with Gasteiger partial charge < -0.3 is 50.5 Å². The number of carboxylic acid groups (broad SMARTS) is 1. The van der Waals surface area contributed by atoms with Gasteiger partial charge in [0.25, 0.3) is 0 Å². The molecule has 0 radical (unpaired) electrons. The van der Waals surface area contributed by atoms with Gasteiger partial charge in [-0.2, -0.15) is 0 Å². The summed E-state index contributed by atoms with van der Waals surface area (Å²) in [6, 6.07) is 10.5. The van der Waals surface area contributed by atoms with Crippen molar-refractivity contribution in [3.63, 3.8) is 0 Å². The second-order valence-corrected chi connectivity index (χ2v) is 19.9. The van der Waals surface area contributed by atoms with Gasteiger partial charge in [-0.25, -0.2) is 8.96 Å². The van der Waals surface area contributed by atoms with E-state index in [4.69, 9.17) is 14.0 Å². The number of carbonyl (C=O) groups is 6. The molecule has 3 amide bonds. The normalized spacial score (nSPS) is 31.4. The molecule has 0 bridgehead atoms. The van der Waals surface area contributed by atoms with Crippen molar-refractivity contribution in [2.75, 3.05) is 23.8 Å². The van der Waals surface area contributed by atoms with Gasteiger partial charge >= 0.3 is 13.8 Å². The highest BCUT2D eigenvalue weighted by atomic mass is 79.9. The minimum absolute atomic E-state index is 0.0556. The minimum atomic E-state index is -5.15. The van der Waals surface area contributed by atoms with Crippen molar-refractivity contribution in [2.24, 2.45) is 22.7 Å². The zero-order valence-electron chi connectivity index (χ0n) is 36.0. The molecule has 1 heterocycles. The van der Waals surface area contributed by atoms with E-state index < -0.39 is 122 Å². The Morgan fingerprint density at radius 2 is 1.79 bits per heavy atom. The predicted octanol–water partition coefficient (Wildman–Crippen LogP) is 3.38. The van der Waals surface area contributed by atoms with Crippen LogP contribution in [0.1, 0.15) is 80.9 Å². The lowest BCUT2D eigenvalue weighted by atomic mass is 9.44. The maximum Gasteiger partial charge on any atom is 0.470 e. The molecule has 18 nitrogen and oxygen atoms in total. The van der Waals surface area contributed by atoms with Gasteiger partial charge in [0.1, 0.15) is 12.6 Å². The first-order valence-corrected chi connectivity index (χ1v) is 24.1. The quantitative estimate of drug-likeness (QED) is 0.0833. The van der Waals surface area contributed by atoms with Crippen LogP contribution in [0.25, 0.3) is 0 Å². The third-order valence-electron chi connectivity index (χ3n) is 14.2. The number of alkyl halides is 2. The number of hydrogen-bond acceptors (Lipinski definition) is 12. The van der Waals surface area contributed by atoms with E-state index >= 15 is 4.39 Å². The number of fused-ring (bicyclic) bond motifs is 7. The van der Waals surface area contributed by atoms with Crippen LogP contribution in [0.5, 0.6) is 0 Å². The number of hydrogen-bond donors (Lipinski definition) is 8. The Labute approximate surface area is 387 Å². The van der Waals surface area contributed by atoms with Gasteiger partial charge in [0, 0.05) is 34.4 Å². The number of halogens is 2. The molecule has 8 N–H and O–H groups in total. The van der Waals surface area contributed by atoms with Crippen molar-refractivity contribution in [3.8, 4) is 0 Å². The van der Waals surface area contributed by atoms with E-state index in [1.807, 2.05) is 0 Å². The van der Waals surface area contributed by atoms with E-state index in [1.54, 1.807) is 50.2 Å². The van der Waals surface area contributed by atoms with Gasteiger partial charge in [0.15, 0.2) is 29.1 Å². The highest BCUT2D eigenvalue weighted by molar-refractivity contribution is 9.09. The highest BCUT2D eigenvalue weighted by Gasteiger charge is 2.79. The summed E-state index contributed by atoms with van der Waals surface area (Å²) in [5.74, 6) is -5.68. The Morgan fingerprint density at radius 1 is 1.05 bits per heavy atom. The molecule has 2 aromatic rings. The van der Waals surface area contributed by atoms with Crippen LogP contribution in [0.2, 0.25) is 0 Å². The predicted molar refractivity (Wildman–Crippen MR) is 234 cm³/mol. The molecule has 10 atom stereocenters. The van der Waals surface area contributed by atoms with Gasteiger partial charge in [-0.15, -0.1) is 0 Å². The number of phosphoric ester groups is 1. The highest BCUT2D eigenvalue weighted by Crippen LogP contribution is 2.72. The topological polar surface area (TPSA) is 284 Å². The number of phosphoric acid groups is 1. The lowest BCUT2D eigenvalue weighted by Crippen LogP contribution is -2.69. The number of aliphatic carboxylic acids is 1. The second kappa shape index (κ2) is 18.9. The number of allylic oxidation sites excluding steroid dienone is 4. The van der Waals surface area contributed by atoms with Crippen molar-refractivity contribution >= 4 is 64.7 Å². The molecule has 0 aromatic heterocycles. The number of Topliss-reactive ketones (excluding diaryl/α,β-unsaturated/α-hetero) is 1. The molecule has 1 saturated heterocycles. The first kappa shape index (κ1) is 49.4. The number of aliphatic hydroxyl groups is 2. The van der Waals surface area contributed by atoms with Crippen molar-refractivity contribution in [1.82, 2.24) is 10.6 Å². The molecule has 7 rings (SSSR count). The number of carbonyl (C=O) groups excluding carboxylic acids is 5. The lowest BCUT2D eigenvalue weighted by molar-refractivity contribution is -0.231. The minimum Gasteiger partial charge on any atom is -0.481 e. The van der Waals surface area contributed by atoms with E-state index in [1.165, 1.54) is 24.3 Å². The molecule has 5 aliphatic rings. The number of ketones is 2. The summed E-state index contributed by atoms with van der Waals surface area (Å²) in [6.45, 7) is 1.46. The van der Waals surface area contributed by atoms with Gasteiger partial charge in [-0.05, 0) is 92.3 Å².